The summed E-state index contributed by atoms with van der Waals surface area (Å²) >= 11 is 2.58. The molecule has 5 atom stereocenters. The van der Waals surface area contributed by atoms with E-state index in [9.17, 15) is 24.0 Å². The summed E-state index contributed by atoms with van der Waals surface area (Å²) < 4.78 is 26.6. The van der Waals surface area contributed by atoms with Gasteiger partial charge in [-0.05, 0) is 0 Å². The van der Waals surface area contributed by atoms with Crippen LogP contribution in [0.2, 0.25) is 0 Å². The number of carbonyl (C=O) groups is 5. The molecular formula is C22H25N2O10Se. The van der Waals surface area contributed by atoms with Gasteiger partial charge in [-0.15, -0.1) is 0 Å². The van der Waals surface area contributed by atoms with Gasteiger partial charge in [0.25, 0.3) is 0 Å². The molecule has 1 radical (unpaired) electrons. The molecule has 0 unspecified atom stereocenters. The van der Waals surface area contributed by atoms with E-state index in [1.54, 1.807) is 30.3 Å². The molecule has 0 aliphatic carbocycles. The van der Waals surface area contributed by atoms with Crippen LogP contribution in [0.1, 0.15) is 38.1 Å². The maximum absolute atomic E-state index is 12.5. The van der Waals surface area contributed by atoms with Crippen molar-refractivity contribution >= 4 is 50.5 Å². The van der Waals surface area contributed by atoms with Gasteiger partial charge in [0.05, 0.1) is 0 Å². The second kappa shape index (κ2) is 13.0. The molecule has 1 N–H and O–H groups in total. The first kappa shape index (κ1) is 28.0. The Bertz CT molecular complexity index is 984. The number of esters is 4. The second-order valence-corrected chi connectivity index (χ2v) is 8.16. The van der Waals surface area contributed by atoms with E-state index >= 15 is 0 Å². The average Bonchev–Trinajstić information content (AvgIpc) is 2.76. The molecule has 13 heteroatoms. The van der Waals surface area contributed by atoms with Crippen LogP contribution in [-0.4, -0.2) is 87.8 Å². The zero-order valence-corrected chi connectivity index (χ0v) is 21.1. The molecule has 0 spiro atoms. The van der Waals surface area contributed by atoms with Gasteiger partial charge in [0.15, 0.2) is 0 Å². The van der Waals surface area contributed by atoms with Crippen LogP contribution < -0.4 is 5.32 Å². The molecule has 1 amide bonds. The zero-order chi connectivity index (χ0) is 26.1. The maximum atomic E-state index is 12.5. The molecule has 2 rings (SSSR count). The third-order valence-electron chi connectivity index (χ3n) is 4.47. The molecule has 0 bridgehead atoms. The summed E-state index contributed by atoms with van der Waals surface area (Å²) in [4.78, 5) is 63.6. The molecule has 189 valence electrons. The monoisotopic (exact) mass is 557 g/mol. The van der Waals surface area contributed by atoms with Crippen LogP contribution in [0.15, 0.2) is 35.3 Å². The van der Waals surface area contributed by atoms with Crippen molar-refractivity contribution < 1.29 is 47.7 Å². The first-order valence-corrected chi connectivity index (χ1v) is 11.2. The van der Waals surface area contributed by atoms with Gasteiger partial charge >= 0.3 is 209 Å². The molecule has 0 aromatic heterocycles. The summed E-state index contributed by atoms with van der Waals surface area (Å²) in [5, 5.41) is 2.54. The molecule has 1 aliphatic heterocycles. The number of amides is 1. The van der Waals surface area contributed by atoms with Crippen molar-refractivity contribution in [3.8, 4) is 0 Å². The van der Waals surface area contributed by atoms with Crippen LogP contribution in [-0.2, 0) is 42.9 Å². The van der Waals surface area contributed by atoms with Crippen molar-refractivity contribution in [2.45, 2.75) is 58.3 Å². The molecule has 1 aromatic rings. The fourth-order valence-electron chi connectivity index (χ4n) is 3.21. The van der Waals surface area contributed by atoms with Gasteiger partial charge in [-0.25, -0.2) is 0 Å². The third-order valence-corrected chi connectivity index (χ3v) is 4.91. The van der Waals surface area contributed by atoms with Crippen molar-refractivity contribution in [1.29, 1.82) is 0 Å². The number of benzene rings is 1. The standard InChI is InChI=1S/C22H25N2O10Se/c1-11(25)30-10-16-18(31-12(2)26)19(32-13(3)27)17(21(34-16)33-14(4)28)23-22(35)24-20(29)15-8-6-5-7-9-15/h5-9,16-19,21H,10H2,1-4H3,(H,23,24,29)/t16-,17-,18-,19-,21-/m1/s1. The van der Waals surface area contributed by atoms with Crippen molar-refractivity contribution in [3.05, 3.63) is 35.9 Å². The van der Waals surface area contributed by atoms with Gasteiger partial charge in [0, 0.05) is 0 Å². The minimum absolute atomic E-state index is 0.0400. The van der Waals surface area contributed by atoms with Crippen molar-refractivity contribution in [3.63, 3.8) is 0 Å². The molecule has 1 heterocycles. The van der Waals surface area contributed by atoms with Gasteiger partial charge in [-0.2, -0.15) is 0 Å². The predicted molar refractivity (Wildman–Crippen MR) is 119 cm³/mol. The van der Waals surface area contributed by atoms with Gasteiger partial charge in [-0.3, -0.25) is 0 Å². The summed E-state index contributed by atoms with van der Waals surface area (Å²) in [5.74, 6) is -3.37. The normalized spacial score (nSPS) is 24.0. The van der Waals surface area contributed by atoms with E-state index in [2.05, 4.69) is 26.3 Å². The molecule has 1 aliphatic rings. The van der Waals surface area contributed by atoms with Crippen molar-refractivity contribution in [2.75, 3.05) is 6.61 Å². The summed E-state index contributed by atoms with van der Waals surface area (Å²) in [6.45, 7) is 4.15. The summed E-state index contributed by atoms with van der Waals surface area (Å²) in [6, 6.07) is 7.02. The summed E-state index contributed by atoms with van der Waals surface area (Å²) in [6.07, 6.45) is -5.21. The fourth-order valence-corrected chi connectivity index (χ4v) is 3.66. The Morgan fingerprint density at radius 1 is 0.886 bits per heavy atom. The van der Waals surface area contributed by atoms with E-state index in [-0.39, 0.29) is 4.73 Å². The van der Waals surface area contributed by atoms with Crippen molar-refractivity contribution in [1.82, 2.24) is 5.32 Å². The molecule has 1 saturated heterocycles. The van der Waals surface area contributed by atoms with Crippen LogP contribution in [0.5, 0.6) is 0 Å². The Kier molecular flexibility index (Phi) is 10.4. The van der Waals surface area contributed by atoms with Crippen LogP contribution in [0.25, 0.3) is 0 Å². The first-order valence-electron chi connectivity index (χ1n) is 10.4. The van der Waals surface area contributed by atoms with Crippen molar-refractivity contribution in [2.24, 2.45) is 4.99 Å². The second-order valence-electron chi connectivity index (χ2n) is 7.35. The SMILES string of the molecule is CC(=O)OC[C@H]1O[C@@H](OC(C)=O)[C@H](N=C([Se])NC(=O)c2ccccc2)[C@@H](OC(C)=O)[C@@H]1OC(C)=O. The van der Waals surface area contributed by atoms with E-state index in [0.717, 1.165) is 20.8 Å². The van der Waals surface area contributed by atoms with Gasteiger partial charge in [0.2, 0.25) is 0 Å². The number of rotatable bonds is 7. The molecule has 12 nitrogen and oxygen atoms in total. The summed E-state index contributed by atoms with van der Waals surface area (Å²) in [7, 11) is 0. The van der Waals surface area contributed by atoms with Gasteiger partial charge < -0.3 is 0 Å². The molecular weight excluding hydrogens is 531 g/mol. The van der Waals surface area contributed by atoms with E-state index in [1.165, 1.54) is 6.92 Å². The van der Waals surface area contributed by atoms with Gasteiger partial charge in [-0.1, -0.05) is 0 Å². The van der Waals surface area contributed by atoms with Crippen LogP contribution in [0.4, 0.5) is 0 Å². The Balaban J connectivity index is 2.44. The number of amidine groups is 1. The Morgan fingerprint density at radius 2 is 1.46 bits per heavy atom. The number of carbonyl (C=O) groups excluding carboxylic acids is 5. The quantitative estimate of drug-likeness (QED) is 0.160. The average molecular weight is 556 g/mol. The zero-order valence-electron chi connectivity index (χ0n) is 19.4. The van der Waals surface area contributed by atoms with Crippen LogP contribution in [0, 0.1) is 0 Å². The number of hydrogen-bond acceptors (Lipinski definition) is 11. The number of aliphatic imine (C=N–C) groups is 1. The Morgan fingerprint density at radius 3 is 2.00 bits per heavy atom. The third kappa shape index (κ3) is 8.78. The number of nitrogens with zero attached hydrogens (tertiary/aromatic N) is 1. The van der Waals surface area contributed by atoms with Gasteiger partial charge in [0.1, 0.15) is 0 Å². The van der Waals surface area contributed by atoms with E-state index in [0.29, 0.717) is 5.56 Å². The first-order chi connectivity index (χ1) is 16.5. The number of ether oxygens (including phenoxy) is 5. The minimum atomic E-state index is -1.44. The molecule has 1 aromatic carbocycles. The summed E-state index contributed by atoms with van der Waals surface area (Å²) in [5.41, 5.74) is 0.350. The topological polar surface area (TPSA) is 156 Å². The fraction of sp³-hybridized carbons (Fsp3) is 0.455. The molecule has 1 fully saturated rings. The van der Waals surface area contributed by atoms with E-state index in [1.807, 2.05) is 0 Å². The number of hydrogen-bond donors (Lipinski definition) is 1. The Labute approximate surface area is 209 Å². The predicted octanol–water partition coefficient (Wildman–Crippen LogP) is 0.0240. The molecule has 35 heavy (non-hydrogen) atoms. The van der Waals surface area contributed by atoms with E-state index in [4.69, 9.17) is 23.7 Å². The van der Waals surface area contributed by atoms with E-state index < -0.39 is 67.0 Å². The van der Waals surface area contributed by atoms with Crippen LogP contribution >= 0.6 is 0 Å². The number of nitrogens with one attached hydrogen (secondary N) is 1. The van der Waals surface area contributed by atoms with Crippen LogP contribution in [0.3, 0.4) is 0 Å². The Hall–Kier alpha value is -3.28. The molecule has 0 saturated carbocycles.